The van der Waals surface area contributed by atoms with E-state index >= 15 is 0 Å². The minimum absolute atomic E-state index is 0.465. The van der Waals surface area contributed by atoms with E-state index in [-0.39, 0.29) is 0 Å². The van der Waals surface area contributed by atoms with Gasteiger partial charge in [0, 0.05) is 37.9 Å². The molecule has 0 aliphatic rings. The first-order valence-corrected chi connectivity index (χ1v) is 29.8. The maximum atomic E-state index is 9.20. The van der Waals surface area contributed by atoms with E-state index in [0.29, 0.717) is 18.9 Å². The summed E-state index contributed by atoms with van der Waals surface area (Å²) in [6, 6.07) is 102. The van der Waals surface area contributed by atoms with Crippen molar-refractivity contribution < 1.29 is 19.7 Å². The van der Waals surface area contributed by atoms with Gasteiger partial charge in [0.15, 0.2) is 0 Å². The first kappa shape index (κ1) is 57.4. The lowest BCUT2D eigenvalue weighted by atomic mass is 9.79. The summed E-state index contributed by atoms with van der Waals surface area (Å²) in [7, 11) is -0.817. The molecule has 423 valence electrons. The highest BCUT2D eigenvalue weighted by Crippen LogP contribution is 2.35. The van der Waals surface area contributed by atoms with Crippen LogP contribution in [-0.4, -0.2) is 54.8 Å². The molecule has 1 radical (unpaired) electrons. The summed E-state index contributed by atoms with van der Waals surface area (Å²) in [5.74, 6) is 0.557. The van der Waals surface area contributed by atoms with Crippen molar-refractivity contribution in [3.63, 3.8) is 0 Å². The van der Waals surface area contributed by atoms with Gasteiger partial charge in [0.05, 0.1) is 56.2 Å². The van der Waals surface area contributed by atoms with Crippen LogP contribution in [0.4, 0.5) is 0 Å². The Morgan fingerprint density at radius 3 is 0.966 bits per heavy atom. The number of hydrogen-bond acceptors (Lipinski definition) is 9. The molecule has 0 fully saturated rings. The number of hydrogen-bond donors (Lipinski definition) is 3. The third-order valence-electron chi connectivity index (χ3n) is 15.2. The van der Waals surface area contributed by atoms with Crippen molar-refractivity contribution in [2.45, 2.75) is 0 Å². The van der Waals surface area contributed by atoms with Crippen LogP contribution in [0.3, 0.4) is 0 Å². The molecular formula is C77H53B2BrN5O4. The Morgan fingerprint density at radius 1 is 0.281 bits per heavy atom. The summed E-state index contributed by atoms with van der Waals surface area (Å²) in [5.41, 5.74) is 20.4. The zero-order valence-corrected chi connectivity index (χ0v) is 49.5. The van der Waals surface area contributed by atoms with Crippen molar-refractivity contribution in [2.75, 3.05) is 0 Å². The Bertz CT molecular complexity index is 4600. The molecule has 15 aromatic rings. The van der Waals surface area contributed by atoms with Crippen molar-refractivity contribution in [2.24, 2.45) is 0 Å². The predicted molar refractivity (Wildman–Crippen MR) is 368 cm³/mol. The molecule has 0 saturated heterocycles. The molecule has 0 unspecified atom stereocenters. The van der Waals surface area contributed by atoms with E-state index in [9.17, 15) is 10.0 Å². The fourth-order valence-electron chi connectivity index (χ4n) is 10.8. The number of fused-ring (bicyclic) bond motifs is 4. The molecule has 89 heavy (non-hydrogen) atoms. The number of benzene rings is 11. The van der Waals surface area contributed by atoms with E-state index in [2.05, 4.69) is 149 Å². The Morgan fingerprint density at radius 2 is 0.618 bits per heavy atom. The zero-order valence-electron chi connectivity index (χ0n) is 47.9. The Kier molecular flexibility index (Phi) is 17.1. The van der Waals surface area contributed by atoms with Gasteiger partial charge in [-0.2, -0.15) is 0 Å². The van der Waals surface area contributed by atoms with E-state index in [1.807, 2.05) is 152 Å². The van der Waals surface area contributed by atoms with E-state index in [1.54, 1.807) is 18.2 Å². The second kappa shape index (κ2) is 26.5. The lowest BCUT2D eigenvalue weighted by molar-refractivity contribution is 0.426. The largest absolute Gasteiger partial charge is 0.569 e. The molecule has 0 spiro atoms. The molecular weight excluding hydrogens is 1160 g/mol. The van der Waals surface area contributed by atoms with Gasteiger partial charge in [0.2, 0.25) is 0 Å². The number of nitrogens with zero attached hydrogens (tertiary/aromatic N) is 5. The number of rotatable bonds is 11. The topological polar surface area (TPSA) is 134 Å². The molecule has 0 aliphatic heterocycles. The van der Waals surface area contributed by atoms with Gasteiger partial charge in [-0.3, -0.25) is 0 Å². The van der Waals surface area contributed by atoms with Crippen LogP contribution < -0.4 is 10.1 Å². The summed E-state index contributed by atoms with van der Waals surface area (Å²) in [6.07, 6.45) is 0. The molecule has 12 heteroatoms. The van der Waals surface area contributed by atoms with Gasteiger partial charge in [-0.1, -0.05) is 234 Å². The van der Waals surface area contributed by atoms with Gasteiger partial charge in [0.1, 0.15) is 5.75 Å². The highest BCUT2D eigenvalue weighted by Gasteiger charge is 2.15. The molecule has 15 rings (SSSR count). The lowest BCUT2D eigenvalue weighted by Crippen LogP contribution is -2.29. The van der Waals surface area contributed by atoms with Gasteiger partial charge in [-0.25, -0.2) is 24.9 Å². The van der Waals surface area contributed by atoms with Crippen LogP contribution in [0.1, 0.15) is 0 Å². The lowest BCUT2D eigenvalue weighted by Gasteiger charge is -2.12. The number of halogens is 1. The standard InChI is InChI=1S/C46H30N4.C17H12BrN.C14H11B2O4/c1-5-13-31(14-6-1)41-27-37(28-42(49-41)32-15-7-2-8-16-32)35-21-23-39-45(25-35)47-40-24-22-36(26-46(40)48-39)38-29-43(33-17-9-3-10-18-33)50-44(30-38)34-19-11-4-12-20-34;18-15-11-16(13-7-3-1-4-8-13)19-17(12-15)14-9-5-2-6-10-14;17-15-20-14-4-2-10-5-11-7-13(16(18)19)3-1-9(11)6-12(10)8-14/h1-30H;1-12H;1-8,17-19H. The predicted octanol–water partition coefficient (Wildman–Crippen LogP) is 17.3. The summed E-state index contributed by atoms with van der Waals surface area (Å²) < 4.78 is 5.98. The van der Waals surface area contributed by atoms with Crippen molar-refractivity contribution in [3.05, 3.63) is 308 Å². The van der Waals surface area contributed by atoms with Gasteiger partial charge in [0.25, 0.3) is 0 Å². The van der Waals surface area contributed by atoms with Gasteiger partial charge in [-0.15, -0.1) is 0 Å². The Hall–Kier alpha value is -10.7. The van der Waals surface area contributed by atoms with Crippen molar-refractivity contribution in [3.8, 4) is 95.5 Å². The Balaban J connectivity index is 0.000000152. The molecule has 0 aliphatic carbocycles. The van der Waals surface area contributed by atoms with Crippen molar-refractivity contribution in [1.82, 2.24) is 24.9 Å². The summed E-state index contributed by atoms with van der Waals surface area (Å²) in [6.45, 7) is 0. The van der Waals surface area contributed by atoms with Crippen molar-refractivity contribution in [1.29, 1.82) is 0 Å². The Labute approximate surface area is 524 Å². The van der Waals surface area contributed by atoms with Gasteiger partial charge in [-0.05, 0) is 134 Å². The smallest absolute Gasteiger partial charge is 0.537 e. The van der Waals surface area contributed by atoms with E-state index in [0.717, 1.165) is 138 Å². The maximum Gasteiger partial charge on any atom is 0.569 e. The van der Waals surface area contributed by atoms with E-state index in [1.165, 1.54) is 0 Å². The van der Waals surface area contributed by atoms with Crippen LogP contribution in [-0.2, 0) is 0 Å². The molecule has 0 bridgehead atoms. The number of aromatic nitrogens is 5. The van der Waals surface area contributed by atoms with Crippen LogP contribution in [0.25, 0.3) is 133 Å². The second-order valence-electron chi connectivity index (χ2n) is 21.2. The quantitative estimate of drug-likeness (QED) is 0.0855. The first-order chi connectivity index (χ1) is 43.7. The van der Waals surface area contributed by atoms with Gasteiger partial charge >= 0.3 is 14.8 Å². The number of pyridine rings is 3. The average molecular weight is 1210 g/mol. The summed E-state index contributed by atoms with van der Waals surface area (Å²) >= 11 is 3.57. The maximum absolute atomic E-state index is 9.20. The van der Waals surface area contributed by atoms with Gasteiger partial charge < -0.3 is 19.7 Å². The summed E-state index contributed by atoms with van der Waals surface area (Å²) in [5, 5.41) is 31.0. The second-order valence-corrected chi connectivity index (χ2v) is 22.1. The normalized spacial score (nSPS) is 10.9. The fraction of sp³-hybridized carbons (Fsp3) is 0. The summed E-state index contributed by atoms with van der Waals surface area (Å²) in [4.78, 5) is 25.0. The molecule has 3 N–H and O–H groups in total. The molecule has 4 aromatic heterocycles. The minimum Gasteiger partial charge on any atom is -0.537 e. The molecule has 0 saturated carbocycles. The molecule has 9 nitrogen and oxygen atoms in total. The molecule has 11 aromatic carbocycles. The van der Waals surface area contributed by atoms with E-state index in [4.69, 9.17) is 34.6 Å². The average Bonchev–Trinajstić information content (AvgIpc) is 1.38. The van der Waals surface area contributed by atoms with E-state index < -0.39 is 7.12 Å². The molecule has 0 amide bonds. The monoisotopic (exact) mass is 1210 g/mol. The minimum atomic E-state index is -1.47. The molecule has 0 atom stereocenters. The highest BCUT2D eigenvalue weighted by molar-refractivity contribution is 9.10. The molecule has 4 heterocycles. The third kappa shape index (κ3) is 13.5. The van der Waals surface area contributed by atoms with Crippen LogP contribution in [0.2, 0.25) is 0 Å². The van der Waals surface area contributed by atoms with Crippen LogP contribution in [0.15, 0.2) is 308 Å². The van der Waals surface area contributed by atoms with Crippen LogP contribution in [0, 0.1) is 0 Å². The highest BCUT2D eigenvalue weighted by atomic mass is 79.9. The third-order valence-corrected chi connectivity index (χ3v) is 15.7. The van der Waals surface area contributed by atoms with Crippen LogP contribution in [0.5, 0.6) is 5.75 Å². The van der Waals surface area contributed by atoms with Crippen molar-refractivity contribution >= 4 is 79.8 Å². The fourth-order valence-corrected chi connectivity index (χ4v) is 11.2. The first-order valence-electron chi connectivity index (χ1n) is 29.0. The zero-order chi connectivity index (χ0) is 60.5. The SMILES string of the molecule is Brc1cc(-c2ccccc2)nc(-c2ccccc2)c1.O[B]Oc1ccc2cc3cc(B(O)O)ccc3cc2c1.c1ccc(-c2cc(-c3ccc4nc5cc(-c6cc(-c7ccccc7)nc(-c7ccccc7)c6)ccc5nc4c3)cc(-c3ccccc3)n2)cc1. The van der Waals surface area contributed by atoms with Crippen LogP contribution >= 0.6 is 15.9 Å².